The molecule has 0 unspecified atom stereocenters. The molecule has 0 N–H and O–H groups in total. The van der Waals surface area contributed by atoms with Gasteiger partial charge < -0.3 is 9.47 Å². The van der Waals surface area contributed by atoms with Crippen LogP contribution in [0.3, 0.4) is 0 Å². The summed E-state index contributed by atoms with van der Waals surface area (Å²) in [4.78, 5) is 30.2. The number of esters is 1. The molecule has 3 aromatic rings. The molecule has 27 heavy (non-hydrogen) atoms. The lowest BCUT2D eigenvalue weighted by atomic mass is 10.2. The highest BCUT2D eigenvalue weighted by molar-refractivity contribution is 5.90. The zero-order valence-corrected chi connectivity index (χ0v) is 15.2. The monoisotopic (exact) mass is 364 g/mol. The first kappa shape index (κ1) is 18.4. The van der Waals surface area contributed by atoms with E-state index in [0.29, 0.717) is 17.1 Å². The number of carbonyl (C=O) groups is 1. The normalized spacial score (nSPS) is 10.4. The summed E-state index contributed by atoms with van der Waals surface area (Å²) in [7, 11) is 0. The lowest BCUT2D eigenvalue weighted by Crippen LogP contribution is -2.27. The number of carbonyl (C=O) groups excluding carboxylic acids is 1. The molecule has 0 radical (unpaired) electrons. The molecular weight excluding hydrogens is 344 g/mol. The van der Waals surface area contributed by atoms with Gasteiger partial charge in [-0.25, -0.2) is 9.78 Å². The molecule has 0 amide bonds. The van der Waals surface area contributed by atoms with E-state index in [0.717, 1.165) is 0 Å². The maximum atomic E-state index is 13.3. The summed E-state index contributed by atoms with van der Waals surface area (Å²) < 4.78 is 12.0. The van der Waals surface area contributed by atoms with Gasteiger partial charge >= 0.3 is 11.5 Å². The van der Waals surface area contributed by atoms with E-state index in [9.17, 15) is 9.59 Å². The zero-order valence-electron chi connectivity index (χ0n) is 15.2. The second-order valence-corrected chi connectivity index (χ2v) is 5.61. The predicted octanol–water partition coefficient (Wildman–Crippen LogP) is 3.47. The number of nitrogens with zero attached hydrogens (tertiary/aromatic N) is 2. The molecule has 1 heterocycles. The highest BCUT2D eigenvalue weighted by Gasteiger charge is 2.25. The Bertz CT molecular complexity index is 982. The van der Waals surface area contributed by atoms with Crippen molar-refractivity contribution in [2.24, 2.45) is 0 Å². The Labute approximate surface area is 157 Å². The van der Waals surface area contributed by atoms with Crippen LogP contribution in [-0.2, 0) is 4.74 Å². The molecule has 0 aliphatic carbocycles. The maximum Gasteiger partial charge on any atom is 0.361 e. The van der Waals surface area contributed by atoms with Crippen LogP contribution in [-0.4, -0.2) is 28.7 Å². The number of aromatic nitrogens is 2. The molecule has 0 saturated carbocycles. The van der Waals surface area contributed by atoms with E-state index >= 15 is 0 Å². The number of para-hydroxylation sites is 1. The summed E-state index contributed by atoms with van der Waals surface area (Å²) in [6.07, 6.45) is 0. The van der Waals surface area contributed by atoms with Crippen LogP contribution in [0.2, 0.25) is 0 Å². The Hall–Kier alpha value is -3.41. The van der Waals surface area contributed by atoms with Crippen molar-refractivity contribution in [1.29, 1.82) is 0 Å². The molecule has 6 heteroatoms. The van der Waals surface area contributed by atoms with Crippen molar-refractivity contribution in [1.82, 2.24) is 9.55 Å². The number of hydrogen-bond donors (Lipinski definition) is 0. The smallest absolute Gasteiger partial charge is 0.361 e. The van der Waals surface area contributed by atoms with Gasteiger partial charge in [-0.05, 0) is 26.0 Å². The van der Waals surface area contributed by atoms with Crippen LogP contribution in [0.5, 0.6) is 5.75 Å². The molecule has 0 aliphatic rings. The quantitative estimate of drug-likeness (QED) is 0.626. The molecule has 3 rings (SSSR count). The minimum Gasteiger partial charge on any atom is -0.486 e. The predicted molar refractivity (Wildman–Crippen MR) is 102 cm³/mol. The average molecular weight is 364 g/mol. The summed E-state index contributed by atoms with van der Waals surface area (Å²) in [5.74, 6) is -0.451. The minimum absolute atomic E-state index is 0.112. The Morgan fingerprint density at radius 1 is 0.963 bits per heavy atom. The lowest BCUT2D eigenvalue weighted by Gasteiger charge is -2.16. The SMILES string of the molecule is CCOC(=O)c1nc(-c2ccccc2)n(-c2ccccc2)c(=O)c1OCC. The van der Waals surface area contributed by atoms with Crippen LogP contribution < -0.4 is 10.3 Å². The summed E-state index contributed by atoms with van der Waals surface area (Å²) in [5, 5.41) is 0. The first-order valence-electron chi connectivity index (χ1n) is 8.75. The second kappa shape index (κ2) is 8.31. The molecule has 0 aliphatic heterocycles. The second-order valence-electron chi connectivity index (χ2n) is 5.61. The van der Waals surface area contributed by atoms with Crippen LogP contribution in [0, 0.1) is 0 Å². The molecule has 0 atom stereocenters. The van der Waals surface area contributed by atoms with Crippen molar-refractivity contribution in [2.45, 2.75) is 13.8 Å². The first-order chi connectivity index (χ1) is 13.2. The highest BCUT2D eigenvalue weighted by atomic mass is 16.5. The summed E-state index contributed by atoms with van der Waals surface area (Å²) in [5.41, 5.74) is 0.756. The van der Waals surface area contributed by atoms with Gasteiger partial charge in [-0.2, -0.15) is 0 Å². The lowest BCUT2D eigenvalue weighted by molar-refractivity contribution is 0.0514. The standard InChI is InChI=1S/C21H20N2O4/c1-3-26-18-17(21(25)27-4-2)22-19(15-11-7-5-8-12-15)23(20(18)24)16-13-9-6-10-14-16/h5-14H,3-4H2,1-2H3. The Morgan fingerprint density at radius 3 is 2.19 bits per heavy atom. The van der Waals surface area contributed by atoms with Crippen molar-refractivity contribution >= 4 is 5.97 Å². The number of hydrogen-bond acceptors (Lipinski definition) is 5. The fourth-order valence-corrected chi connectivity index (χ4v) is 2.72. The van der Waals surface area contributed by atoms with Gasteiger partial charge in [0.25, 0.3) is 0 Å². The zero-order chi connectivity index (χ0) is 19.2. The van der Waals surface area contributed by atoms with Gasteiger partial charge in [0.2, 0.25) is 5.75 Å². The Morgan fingerprint density at radius 2 is 1.59 bits per heavy atom. The van der Waals surface area contributed by atoms with Crippen LogP contribution in [0.15, 0.2) is 65.5 Å². The third kappa shape index (κ3) is 3.74. The molecule has 6 nitrogen and oxygen atoms in total. The van der Waals surface area contributed by atoms with Gasteiger partial charge in [-0.3, -0.25) is 9.36 Å². The Kier molecular flexibility index (Phi) is 5.66. The van der Waals surface area contributed by atoms with E-state index in [1.807, 2.05) is 48.5 Å². The van der Waals surface area contributed by atoms with E-state index in [2.05, 4.69) is 4.98 Å². The molecule has 0 spiro atoms. The number of ether oxygens (including phenoxy) is 2. The summed E-state index contributed by atoms with van der Waals surface area (Å²) in [6, 6.07) is 18.3. The average Bonchev–Trinajstić information content (AvgIpc) is 2.70. The van der Waals surface area contributed by atoms with E-state index < -0.39 is 11.5 Å². The van der Waals surface area contributed by atoms with Gasteiger partial charge in [0.15, 0.2) is 5.69 Å². The van der Waals surface area contributed by atoms with E-state index in [1.54, 1.807) is 26.0 Å². The molecule has 1 aromatic heterocycles. The van der Waals surface area contributed by atoms with Gasteiger partial charge in [-0.15, -0.1) is 0 Å². The number of benzene rings is 2. The third-order valence-corrected chi connectivity index (χ3v) is 3.85. The van der Waals surface area contributed by atoms with Crippen LogP contribution in [0.1, 0.15) is 24.3 Å². The first-order valence-corrected chi connectivity index (χ1v) is 8.75. The van der Waals surface area contributed by atoms with Crippen molar-refractivity contribution in [3.05, 3.63) is 76.7 Å². The number of rotatable bonds is 6. The molecule has 138 valence electrons. The van der Waals surface area contributed by atoms with Crippen molar-refractivity contribution in [3.63, 3.8) is 0 Å². The van der Waals surface area contributed by atoms with Gasteiger partial charge in [0.05, 0.1) is 18.9 Å². The summed E-state index contributed by atoms with van der Waals surface area (Å²) in [6.45, 7) is 3.84. The van der Waals surface area contributed by atoms with Gasteiger partial charge in [0, 0.05) is 5.56 Å². The highest BCUT2D eigenvalue weighted by Crippen LogP contribution is 2.24. The fraction of sp³-hybridized carbons (Fsp3) is 0.190. The van der Waals surface area contributed by atoms with Gasteiger partial charge in [-0.1, -0.05) is 48.5 Å². The van der Waals surface area contributed by atoms with Crippen LogP contribution in [0.25, 0.3) is 17.1 Å². The summed E-state index contributed by atoms with van der Waals surface area (Å²) >= 11 is 0. The molecule has 2 aromatic carbocycles. The van der Waals surface area contributed by atoms with Crippen LogP contribution >= 0.6 is 0 Å². The minimum atomic E-state index is -0.685. The largest absolute Gasteiger partial charge is 0.486 e. The van der Waals surface area contributed by atoms with E-state index in [-0.39, 0.29) is 24.7 Å². The van der Waals surface area contributed by atoms with E-state index in [4.69, 9.17) is 9.47 Å². The topological polar surface area (TPSA) is 70.4 Å². The Balaban J connectivity index is 2.36. The van der Waals surface area contributed by atoms with Crippen molar-refractivity contribution < 1.29 is 14.3 Å². The van der Waals surface area contributed by atoms with Gasteiger partial charge in [0.1, 0.15) is 5.82 Å². The van der Waals surface area contributed by atoms with Crippen LogP contribution in [0.4, 0.5) is 0 Å². The van der Waals surface area contributed by atoms with Crippen molar-refractivity contribution in [2.75, 3.05) is 13.2 Å². The fourth-order valence-electron chi connectivity index (χ4n) is 2.72. The van der Waals surface area contributed by atoms with Crippen molar-refractivity contribution in [3.8, 4) is 22.8 Å². The molecule has 0 bridgehead atoms. The molecule has 0 saturated heterocycles. The molecule has 0 fully saturated rings. The maximum absolute atomic E-state index is 13.3. The van der Waals surface area contributed by atoms with E-state index in [1.165, 1.54) is 4.57 Å². The molecular formula is C21H20N2O4. The third-order valence-electron chi connectivity index (χ3n) is 3.85.